The fourth-order valence-corrected chi connectivity index (χ4v) is 18.1. The Bertz CT molecular complexity index is 7160. The molecule has 0 N–H and O–H groups in total. The maximum Gasteiger partial charge on any atom is 0.164 e. The lowest BCUT2D eigenvalue weighted by atomic mass is 10.0. The minimum atomic E-state index is 0.556. The highest BCUT2D eigenvalue weighted by Crippen LogP contribution is 2.49. The Balaban J connectivity index is 0.626. The number of thiophene rings is 2. The van der Waals surface area contributed by atoms with Crippen molar-refractivity contribution in [3.8, 4) is 90.8 Å². The zero-order chi connectivity index (χ0) is 66.7. The molecule has 102 heavy (non-hydrogen) atoms. The Morgan fingerprint density at radius 3 is 1.31 bits per heavy atom. The highest BCUT2D eigenvalue weighted by atomic mass is 32.1. The van der Waals surface area contributed by atoms with Crippen molar-refractivity contribution in [2.45, 2.75) is 0 Å². The van der Waals surface area contributed by atoms with Crippen LogP contribution in [0.5, 0.6) is 0 Å². The molecule has 22 aromatic rings. The minimum absolute atomic E-state index is 0.556. The second-order valence-corrected chi connectivity index (χ2v) is 28.1. The number of hydrogen-bond donors (Lipinski definition) is 0. The predicted molar refractivity (Wildman–Crippen MR) is 420 cm³/mol. The van der Waals surface area contributed by atoms with E-state index in [0.29, 0.717) is 34.9 Å². The van der Waals surface area contributed by atoms with Crippen molar-refractivity contribution in [2.75, 3.05) is 0 Å². The summed E-state index contributed by atoms with van der Waals surface area (Å²) in [6, 6.07) is 107. The molecule has 0 fully saturated rings. The lowest BCUT2D eigenvalue weighted by Crippen LogP contribution is -2.00. The summed E-state index contributed by atoms with van der Waals surface area (Å²) >= 11 is 3.53. The summed E-state index contributed by atoms with van der Waals surface area (Å²) in [5, 5.41) is 13.6. The fourth-order valence-electron chi connectivity index (χ4n) is 15.6. The number of furan rings is 2. The maximum absolute atomic E-state index is 6.87. The molecule has 14 aromatic carbocycles. The molecule has 12 heteroatoms. The van der Waals surface area contributed by atoms with Crippen LogP contribution >= 0.6 is 22.7 Å². The highest BCUT2D eigenvalue weighted by Gasteiger charge is 2.25. The van der Waals surface area contributed by atoms with Crippen molar-refractivity contribution < 1.29 is 8.83 Å². The van der Waals surface area contributed by atoms with Gasteiger partial charge in [0.2, 0.25) is 0 Å². The number of aromatic nitrogens is 8. The van der Waals surface area contributed by atoms with Crippen molar-refractivity contribution in [3.05, 3.63) is 303 Å². The Morgan fingerprint density at radius 2 is 0.686 bits per heavy atom. The number of hydrogen-bond acceptors (Lipinski definition) is 10. The van der Waals surface area contributed by atoms with E-state index in [1.54, 1.807) is 22.7 Å². The molecule has 0 aliphatic carbocycles. The van der Waals surface area contributed by atoms with Gasteiger partial charge in [-0.25, -0.2) is 29.9 Å². The number of para-hydroxylation sites is 4. The van der Waals surface area contributed by atoms with Gasteiger partial charge in [-0.15, -0.1) is 22.7 Å². The minimum Gasteiger partial charge on any atom is -0.456 e. The quantitative estimate of drug-likeness (QED) is 0.140. The van der Waals surface area contributed by atoms with E-state index in [1.807, 2.05) is 60.7 Å². The monoisotopic (exact) mass is 1340 g/mol. The first-order valence-electron chi connectivity index (χ1n) is 34.0. The third-order valence-electron chi connectivity index (χ3n) is 20.3. The Labute approximate surface area is 588 Å². The van der Waals surface area contributed by atoms with Gasteiger partial charge < -0.3 is 18.0 Å². The van der Waals surface area contributed by atoms with E-state index in [0.717, 1.165) is 125 Å². The van der Waals surface area contributed by atoms with Crippen LogP contribution in [0.2, 0.25) is 0 Å². The van der Waals surface area contributed by atoms with Gasteiger partial charge in [-0.3, -0.25) is 0 Å². The van der Waals surface area contributed by atoms with Crippen molar-refractivity contribution in [1.29, 1.82) is 0 Å². The van der Waals surface area contributed by atoms with Crippen LogP contribution in [0, 0.1) is 0 Å². The molecule has 0 atom stereocenters. The van der Waals surface area contributed by atoms with E-state index < -0.39 is 0 Å². The standard InChI is InChI=1S/C90H50N8O2S2/c1-3-18-52(19-4-1)85-91-87(95-90(94-85)67-28-16-34-75-80(67)81-76(99-75)46-44-64-69-50-58(41-47-77(69)101-83(64)81)98-72-32-13-9-26-61(72)62-27-10-14-33-73(62)98)54-38-36-51(37-39-54)55-22-15-23-56(48-55)88-92-86(53-20-5-2-6-21-53)93-89(96-88)66-29-17-35-78-79(66)65-43-42-63-68-49-57(40-45-74(68)100-82(63)84(65)102-78)97-70-30-11-7-24-59(70)60-25-8-12-31-71(60)97/h1-50H. The molecule has 10 nitrogen and oxygen atoms in total. The van der Waals surface area contributed by atoms with E-state index in [-0.39, 0.29) is 0 Å². The van der Waals surface area contributed by atoms with Crippen LogP contribution in [0.1, 0.15) is 0 Å². The van der Waals surface area contributed by atoms with E-state index in [9.17, 15) is 0 Å². The molecule has 8 aromatic heterocycles. The second-order valence-electron chi connectivity index (χ2n) is 26.0. The predicted octanol–water partition coefficient (Wildman–Crippen LogP) is 24.5. The number of fused-ring (bicyclic) bond motifs is 20. The molecule has 0 saturated carbocycles. The van der Waals surface area contributed by atoms with Crippen LogP contribution in [0.4, 0.5) is 0 Å². The number of benzene rings is 14. The topological polar surface area (TPSA) is 113 Å². The summed E-state index contributed by atoms with van der Waals surface area (Å²) in [7, 11) is 0. The molecule has 0 saturated heterocycles. The van der Waals surface area contributed by atoms with Gasteiger partial charge in [0.25, 0.3) is 0 Å². The first-order chi connectivity index (χ1) is 50.5. The van der Waals surface area contributed by atoms with Crippen LogP contribution in [-0.2, 0) is 0 Å². The summed E-state index contributed by atoms with van der Waals surface area (Å²) < 4.78 is 22.9. The molecule has 0 amide bonds. The highest BCUT2D eigenvalue weighted by molar-refractivity contribution is 7.27. The van der Waals surface area contributed by atoms with Gasteiger partial charge in [-0.05, 0) is 108 Å². The van der Waals surface area contributed by atoms with Crippen LogP contribution in [0.15, 0.2) is 312 Å². The summed E-state index contributed by atoms with van der Waals surface area (Å²) in [6.45, 7) is 0. The second kappa shape index (κ2) is 22.1. The molecular weight excluding hydrogens is 1290 g/mol. The van der Waals surface area contributed by atoms with Crippen LogP contribution in [0.3, 0.4) is 0 Å². The van der Waals surface area contributed by atoms with Crippen molar-refractivity contribution in [1.82, 2.24) is 39.0 Å². The Kier molecular flexibility index (Phi) is 12.3. The van der Waals surface area contributed by atoms with Gasteiger partial charge in [0.15, 0.2) is 40.5 Å². The SMILES string of the molecule is c1ccc(-c2nc(-c3cccc(-c4ccc(-c5nc(-c6ccccc6)nc(-c6cccc7oc8ccc9c%10cc(-n%11c%12ccccc%12c%12ccccc%12%11)ccc%10sc9c8c67)n5)cc4)c3)nc(-c3cccc4sc5c(ccc6c7cc(-n8c9ccccc9c9ccccc98)ccc7oc65)c34)n2)cc1. The smallest absolute Gasteiger partial charge is 0.164 e. The maximum atomic E-state index is 6.87. The molecule has 22 rings (SSSR count). The lowest BCUT2D eigenvalue weighted by molar-refractivity contribution is 0.669. The average molecular weight is 1340 g/mol. The normalized spacial score (nSPS) is 12.1. The van der Waals surface area contributed by atoms with E-state index in [1.165, 1.54) is 59.1 Å². The molecule has 0 aliphatic rings. The van der Waals surface area contributed by atoms with Gasteiger partial charge in [0, 0.05) is 123 Å². The molecule has 0 bridgehead atoms. The molecule has 0 aliphatic heterocycles. The van der Waals surface area contributed by atoms with E-state index in [4.69, 9.17) is 38.7 Å². The Morgan fingerprint density at radius 1 is 0.235 bits per heavy atom. The summed E-state index contributed by atoms with van der Waals surface area (Å²) in [5.41, 5.74) is 17.5. The average Bonchev–Trinajstić information content (AvgIpc) is 1.57. The third kappa shape index (κ3) is 8.70. The van der Waals surface area contributed by atoms with E-state index in [2.05, 4.69) is 252 Å². The first-order valence-corrected chi connectivity index (χ1v) is 35.6. The van der Waals surface area contributed by atoms with Gasteiger partial charge >= 0.3 is 0 Å². The fraction of sp³-hybridized carbons (Fsp3) is 0. The Hall–Kier alpha value is -13.3. The van der Waals surface area contributed by atoms with Gasteiger partial charge in [0.1, 0.15) is 16.7 Å². The number of rotatable bonds is 9. The molecule has 0 unspecified atom stereocenters. The summed E-state index contributed by atoms with van der Waals surface area (Å²) in [6.07, 6.45) is 0. The third-order valence-corrected chi connectivity index (χ3v) is 22.6. The molecule has 0 spiro atoms. The molecular formula is C90H50N8O2S2. The largest absolute Gasteiger partial charge is 0.456 e. The zero-order valence-corrected chi connectivity index (χ0v) is 55.7. The van der Waals surface area contributed by atoms with Crippen molar-refractivity contribution >= 4 is 151 Å². The molecule has 8 heterocycles. The number of nitrogens with zero attached hydrogens (tertiary/aromatic N) is 8. The molecule has 474 valence electrons. The van der Waals surface area contributed by atoms with Crippen LogP contribution in [0.25, 0.3) is 219 Å². The van der Waals surface area contributed by atoms with Crippen LogP contribution in [-0.4, -0.2) is 39.0 Å². The van der Waals surface area contributed by atoms with E-state index >= 15 is 0 Å². The van der Waals surface area contributed by atoms with Gasteiger partial charge in [-0.2, -0.15) is 0 Å². The molecule has 0 radical (unpaired) electrons. The first kappa shape index (κ1) is 56.7. The lowest BCUT2D eigenvalue weighted by Gasteiger charge is -2.11. The summed E-state index contributed by atoms with van der Waals surface area (Å²) in [5.74, 6) is 3.42. The zero-order valence-electron chi connectivity index (χ0n) is 54.1. The van der Waals surface area contributed by atoms with Crippen LogP contribution < -0.4 is 0 Å². The van der Waals surface area contributed by atoms with Gasteiger partial charge in [0.05, 0.1) is 26.8 Å². The van der Waals surface area contributed by atoms with Crippen molar-refractivity contribution in [2.24, 2.45) is 0 Å². The van der Waals surface area contributed by atoms with Gasteiger partial charge in [-0.1, -0.05) is 206 Å². The summed E-state index contributed by atoms with van der Waals surface area (Å²) in [4.78, 5) is 31.7. The van der Waals surface area contributed by atoms with Crippen molar-refractivity contribution in [3.63, 3.8) is 0 Å².